The number of aromatic hydroxyl groups is 1. The third kappa shape index (κ3) is 3.60. The van der Waals surface area contributed by atoms with Crippen LogP contribution in [0.1, 0.15) is 11.3 Å². The van der Waals surface area contributed by atoms with Crippen molar-refractivity contribution in [1.29, 1.82) is 0 Å². The third-order valence-electron chi connectivity index (χ3n) is 3.41. The number of hydrogen-bond donors (Lipinski definition) is 1. The lowest BCUT2D eigenvalue weighted by Gasteiger charge is -2.05. The number of methoxy groups -OCH3 is 1. The predicted octanol–water partition coefficient (Wildman–Crippen LogP) is 5.33. The second-order valence-corrected chi connectivity index (χ2v) is 7.26. The normalized spacial score (nSPS) is 11.3. The molecule has 3 nitrogen and oxygen atoms in total. The summed E-state index contributed by atoms with van der Waals surface area (Å²) in [5.74, 6) is 1.10. The first-order chi connectivity index (χ1) is 11.1. The van der Waals surface area contributed by atoms with Crippen molar-refractivity contribution in [2.24, 2.45) is 0 Å². The van der Waals surface area contributed by atoms with Gasteiger partial charge < -0.3 is 9.84 Å². The number of ether oxygens (including phenoxy) is 1. The van der Waals surface area contributed by atoms with Gasteiger partial charge in [-0.3, -0.25) is 0 Å². The van der Waals surface area contributed by atoms with Gasteiger partial charge in [-0.2, -0.15) is 0 Å². The number of aromatic nitrogens is 1. The minimum atomic E-state index is 0.330. The van der Waals surface area contributed by atoms with Crippen LogP contribution in [0.15, 0.2) is 42.5 Å². The largest absolute Gasteiger partial charge is 0.506 e. The molecule has 0 atom stereocenters. The van der Waals surface area contributed by atoms with E-state index in [0.29, 0.717) is 5.75 Å². The number of halogens is 2. The Morgan fingerprint density at radius 1 is 1.04 bits per heavy atom. The van der Waals surface area contributed by atoms with E-state index in [2.05, 4.69) is 50.2 Å². The molecule has 0 amide bonds. The number of phenols is 1. The predicted molar refractivity (Wildman–Crippen MR) is 111 cm³/mol. The van der Waals surface area contributed by atoms with Gasteiger partial charge in [0.25, 0.3) is 0 Å². The standard InChI is InChI=1S/C18H13I2NO2/c1-23-16-4-2-3-12-6-8-13(21-17(12)16)7-5-11-9-14(19)18(22)15(20)10-11/h2-10,22H,1H3. The Morgan fingerprint density at radius 3 is 2.48 bits per heavy atom. The monoisotopic (exact) mass is 529 g/mol. The molecule has 1 aromatic heterocycles. The summed E-state index contributed by atoms with van der Waals surface area (Å²) in [6.07, 6.45) is 3.96. The Morgan fingerprint density at radius 2 is 1.78 bits per heavy atom. The molecule has 2 aromatic carbocycles. The van der Waals surface area contributed by atoms with Crippen LogP contribution in [-0.2, 0) is 0 Å². The summed E-state index contributed by atoms with van der Waals surface area (Å²) in [5.41, 5.74) is 2.74. The van der Waals surface area contributed by atoms with Crippen molar-refractivity contribution in [3.63, 3.8) is 0 Å². The first-order valence-electron chi connectivity index (χ1n) is 6.88. The average Bonchev–Trinajstić information content (AvgIpc) is 2.57. The molecule has 116 valence electrons. The van der Waals surface area contributed by atoms with Crippen molar-refractivity contribution in [2.75, 3.05) is 7.11 Å². The van der Waals surface area contributed by atoms with Gasteiger partial charge in [0, 0.05) is 5.39 Å². The lowest BCUT2D eigenvalue weighted by molar-refractivity contribution is 0.419. The van der Waals surface area contributed by atoms with Crippen LogP contribution in [0.4, 0.5) is 0 Å². The number of nitrogens with zero attached hydrogens (tertiary/aromatic N) is 1. The van der Waals surface area contributed by atoms with E-state index < -0.39 is 0 Å². The molecular formula is C18H13I2NO2. The van der Waals surface area contributed by atoms with Crippen molar-refractivity contribution < 1.29 is 9.84 Å². The molecular weight excluding hydrogens is 516 g/mol. The molecule has 0 aliphatic rings. The maximum absolute atomic E-state index is 9.83. The van der Waals surface area contributed by atoms with Crippen LogP contribution in [-0.4, -0.2) is 17.2 Å². The smallest absolute Gasteiger partial charge is 0.145 e. The molecule has 3 aromatic rings. The van der Waals surface area contributed by atoms with Crippen LogP contribution in [0.25, 0.3) is 23.1 Å². The van der Waals surface area contributed by atoms with E-state index in [-0.39, 0.29) is 0 Å². The number of rotatable bonds is 3. The Bertz CT molecular complexity index is 884. The van der Waals surface area contributed by atoms with E-state index in [1.54, 1.807) is 7.11 Å². The van der Waals surface area contributed by atoms with E-state index in [9.17, 15) is 5.11 Å². The molecule has 0 fully saturated rings. The van der Waals surface area contributed by atoms with Gasteiger partial charge in [0.05, 0.1) is 19.9 Å². The zero-order valence-electron chi connectivity index (χ0n) is 12.3. The van der Waals surface area contributed by atoms with Crippen molar-refractivity contribution in [3.05, 3.63) is 60.9 Å². The quantitative estimate of drug-likeness (QED) is 0.467. The summed E-state index contributed by atoms with van der Waals surface area (Å²) in [5, 5.41) is 10.9. The molecule has 0 saturated heterocycles. The van der Waals surface area contributed by atoms with Crippen molar-refractivity contribution >= 4 is 68.2 Å². The second-order valence-electron chi connectivity index (χ2n) is 4.93. The highest BCUT2D eigenvalue weighted by Gasteiger charge is 2.05. The first kappa shape index (κ1) is 16.5. The molecule has 0 saturated carbocycles. The minimum absolute atomic E-state index is 0.330. The van der Waals surface area contributed by atoms with Crippen LogP contribution >= 0.6 is 45.2 Å². The van der Waals surface area contributed by atoms with E-state index in [1.807, 2.05) is 54.6 Å². The molecule has 0 radical (unpaired) electrons. The number of pyridine rings is 1. The van der Waals surface area contributed by atoms with E-state index >= 15 is 0 Å². The van der Waals surface area contributed by atoms with Crippen LogP contribution in [0.3, 0.4) is 0 Å². The highest BCUT2D eigenvalue weighted by atomic mass is 127. The number of para-hydroxylation sites is 1. The minimum Gasteiger partial charge on any atom is -0.506 e. The third-order valence-corrected chi connectivity index (χ3v) is 5.06. The molecule has 1 heterocycles. The van der Waals surface area contributed by atoms with Crippen molar-refractivity contribution in [1.82, 2.24) is 4.98 Å². The Kier molecular flexibility index (Phi) is 5.05. The summed E-state index contributed by atoms with van der Waals surface area (Å²) in [6, 6.07) is 13.8. The summed E-state index contributed by atoms with van der Waals surface area (Å²) >= 11 is 4.26. The molecule has 23 heavy (non-hydrogen) atoms. The summed E-state index contributed by atoms with van der Waals surface area (Å²) < 4.78 is 7.04. The zero-order valence-corrected chi connectivity index (χ0v) is 16.6. The summed E-state index contributed by atoms with van der Waals surface area (Å²) in [4.78, 5) is 4.66. The number of phenolic OH excluding ortho intramolecular Hbond substituents is 1. The highest BCUT2D eigenvalue weighted by Crippen LogP contribution is 2.28. The Hall–Kier alpha value is -1.35. The highest BCUT2D eigenvalue weighted by molar-refractivity contribution is 14.1. The van der Waals surface area contributed by atoms with E-state index in [1.165, 1.54) is 0 Å². The Balaban J connectivity index is 1.98. The van der Waals surface area contributed by atoms with E-state index in [4.69, 9.17) is 4.74 Å². The lowest BCUT2D eigenvalue weighted by atomic mass is 10.1. The number of benzene rings is 2. The molecule has 1 N–H and O–H groups in total. The van der Waals surface area contributed by atoms with E-state index in [0.717, 1.165) is 35.1 Å². The lowest BCUT2D eigenvalue weighted by Crippen LogP contribution is -1.89. The van der Waals surface area contributed by atoms with Gasteiger partial charge in [-0.1, -0.05) is 24.3 Å². The molecule has 0 unspecified atom stereocenters. The fourth-order valence-electron chi connectivity index (χ4n) is 2.26. The van der Waals surface area contributed by atoms with Crippen molar-refractivity contribution in [2.45, 2.75) is 0 Å². The molecule has 0 aliphatic carbocycles. The van der Waals surface area contributed by atoms with Crippen molar-refractivity contribution in [3.8, 4) is 11.5 Å². The van der Waals surface area contributed by atoms with Crippen LogP contribution < -0.4 is 4.74 Å². The van der Waals surface area contributed by atoms with Gasteiger partial charge in [-0.15, -0.1) is 0 Å². The summed E-state index contributed by atoms with van der Waals surface area (Å²) in [6.45, 7) is 0. The SMILES string of the molecule is COc1cccc2ccc(C=Cc3cc(I)c(O)c(I)c3)nc12. The van der Waals surface area contributed by atoms with Gasteiger partial charge in [0.1, 0.15) is 17.0 Å². The number of hydrogen-bond acceptors (Lipinski definition) is 3. The number of fused-ring (bicyclic) bond motifs is 1. The fraction of sp³-hybridized carbons (Fsp3) is 0.0556. The second kappa shape index (κ2) is 7.04. The molecule has 3 rings (SSSR count). The fourth-order valence-corrected chi connectivity index (χ4v) is 4.07. The molecule has 0 bridgehead atoms. The van der Waals surface area contributed by atoms with Crippen LogP contribution in [0.5, 0.6) is 11.5 Å². The molecule has 0 aliphatic heterocycles. The van der Waals surface area contributed by atoms with Gasteiger partial charge in [0.2, 0.25) is 0 Å². The topological polar surface area (TPSA) is 42.4 Å². The average molecular weight is 529 g/mol. The maximum atomic E-state index is 9.83. The van der Waals surface area contributed by atoms with Gasteiger partial charge in [-0.05, 0) is 81.1 Å². The van der Waals surface area contributed by atoms with Gasteiger partial charge >= 0.3 is 0 Å². The van der Waals surface area contributed by atoms with Crippen LogP contribution in [0, 0.1) is 7.14 Å². The molecule has 5 heteroatoms. The first-order valence-corrected chi connectivity index (χ1v) is 9.04. The maximum Gasteiger partial charge on any atom is 0.145 e. The molecule has 0 spiro atoms. The van der Waals surface area contributed by atoms with Gasteiger partial charge in [0.15, 0.2) is 0 Å². The van der Waals surface area contributed by atoms with Gasteiger partial charge in [-0.25, -0.2) is 4.98 Å². The zero-order chi connectivity index (χ0) is 16.4. The summed E-state index contributed by atoms with van der Waals surface area (Å²) in [7, 11) is 1.65. The Labute approximate surface area is 161 Å². The van der Waals surface area contributed by atoms with Crippen LogP contribution in [0.2, 0.25) is 0 Å².